The summed E-state index contributed by atoms with van der Waals surface area (Å²) in [6, 6.07) is 91.3. The van der Waals surface area contributed by atoms with Crippen molar-refractivity contribution in [3.8, 4) is 44.5 Å². The highest BCUT2D eigenvalue weighted by Crippen LogP contribution is 2.48. The largest absolute Gasteiger partial charge is 0.310 e. The van der Waals surface area contributed by atoms with Gasteiger partial charge >= 0.3 is 0 Å². The van der Waals surface area contributed by atoms with Crippen molar-refractivity contribution in [1.82, 2.24) is 0 Å². The first-order chi connectivity index (χ1) is 39.7. The molecule has 0 aliphatic heterocycles. The Morgan fingerprint density at radius 3 is 1.01 bits per heavy atom. The van der Waals surface area contributed by atoms with Crippen molar-refractivity contribution in [1.29, 1.82) is 0 Å². The fraction of sp³-hybridized carbons (Fsp3) is 0.128. The Labute approximate surface area is 469 Å². The number of hydrogen-bond donors (Lipinski definition) is 0. The van der Waals surface area contributed by atoms with Crippen molar-refractivity contribution in [2.24, 2.45) is 0 Å². The van der Waals surface area contributed by atoms with Gasteiger partial charge in [0, 0.05) is 34.1 Å². The summed E-state index contributed by atoms with van der Waals surface area (Å²) in [7, 11) is 0. The average molecular weight is 1030 g/mol. The van der Waals surface area contributed by atoms with Crippen LogP contribution in [0.5, 0.6) is 0 Å². The summed E-state index contributed by atoms with van der Waals surface area (Å²) in [4.78, 5) is 5.00. The van der Waals surface area contributed by atoms with Gasteiger partial charge in [-0.05, 0) is 240 Å². The molecule has 0 aromatic heterocycles. The zero-order valence-corrected chi connectivity index (χ0v) is 45.2. The molecule has 3 aliphatic rings. The van der Waals surface area contributed by atoms with Crippen LogP contribution in [-0.4, -0.2) is 0 Å². The third kappa shape index (κ3) is 8.32. The van der Waals surface area contributed by atoms with Crippen molar-refractivity contribution in [3.63, 3.8) is 0 Å². The summed E-state index contributed by atoms with van der Waals surface area (Å²) >= 11 is 0. The third-order valence-electron chi connectivity index (χ3n) is 17.6. The Hall–Kier alpha value is -9.24. The number of benzene rings is 12. The molecule has 2 heteroatoms. The van der Waals surface area contributed by atoms with E-state index in [4.69, 9.17) is 0 Å². The van der Waals surface area contributed by atoms with Crippen LogP contribution in [0.25, 0.3) is 89.0 Å². The highest BCUT2D eigenvalue weighted by Gasteiger charge is 2.25. The maximum atomic E-state index is 2.52. The monoisotopic (exact) mass is 1030 g/mol. The zero-order valence-electron chi connectivity index (χ0n) is 45.2. The standard InChI is InChI=1S/C78H62N2/c1-3-32-59(33-4-1)79(73-48-22-26-53-24-7-9-38-63(53)73)61-36-20-30-57(51-61)77-69-44-15-11-40-65(69)75(66-41-12-16-45-70(66)77)55-28-19-29-56(50-55)76-67-42-13-17-46-71(67)78(72-47-18-14-43-68(72)76)58-31-21-37-62(52-58)80(60-34-5-2-6-35-60)74-49-23-27-54-25-8-10-39-64(54)74/h1-6,11-13,15-17,19-23,26-37,40-52H,7-10,14,18,24-25,38-39H2. The number of aryl methyl sites for hydroxylation is 2. The lowest BCUT2D eigenvalue weighted by molar-refractivity contribution is 0.686. The van der Waals surface area contributed by atoms with Gasteiger partial charge in [0.2, 0.25) is 0 Å². The third-order valence-corrected chi connectivity index (χ3v) is 17.6. The topological polar surface area (TPSA) is 6.48 Å². The van der Waals surface area contributed by atoms with Gasteiger partial charge in [-0.15, -0.1) is 0 Å². The molecule has 384 valence electrons. The molecule has 0 bridgehead atoms. The van der Waals surface area contributed by atoms with E-state index in [2.05, 4.69) is 265 Å². The van der Waals surface area contributed by atoms with Gasteiger partial charge in [-0.2, -0.15) is 0 Å². The zero-order chi connectivity index (χ0) is 52.9. The van der Waals surface area contributed by atoms with Crippen LogP contribution >= 0.6 is 0 Å². The molecule has 0 amide bonds. The summed E-state index contributed by atoms with van der Waals surface area (Å²) in [6.45, 7) is 0. The molecular formula is C78H62N2. The summed E-state index contributed by atoms with van der Waals surface area (Å²) in [5.41, 5.74) is 23.3. The second-order valence-corrected chi connectivity index (χ2v) is 22.2. The summed E-state index contributed by atoms with van der Waals surface area (Å²) in [5.74, 6) is 0. The highest BCUT2D eigenvalue weighted by molar-refractivity contribution is 6.22. The molecule has 0 spiro atoms. The summed E-state index contributed by atoms with van der Waals surface area (Å²) < 4.78 is 0. The Balaban J connectivity index is 0.879. The summed E-state index contributed by atoms with van der Waals surface area (Å²) in [6.07, 6.45) is 16.5. The quantitative estimate of drug-likeness (QED) is 0.126. The predicted molar refractivity (Wildman–Crippen MR) is 341 cm³/mol. The van der Waals surface area contributed by atoms with Crippen molar-refractivity contribution in [3.05, 3.63) is 275 Å². The molecule has 0 atom stereocenters. The van der Waals surface area contributed by atoms with E-state index in [0.717, 1.165) is 38.5 Å². The van der Waals surface area contributed by atoms with E-state index in [1.165, 1.54) is 169 Å². The van der Waals surface area contributed by atoms with Gasteiger partial charge in [-0.1, -0.05) is 188 Å². The fourth-order valence-electron chi connectivity index (χ4n) is 14.1. The maximum absolute atomic E-state index is 2.52. The van der Waals surface area contributed by atoms with E-state index in [0.29, 0.717) is 0 Å². The fourth-order valence-corrected chi connectivity index (χ4v) is 14.1. The first-order valence-electron chi connectivity index (χ1n) is 29.2. The van der Waals surface area contributed by atoms with Crippen LogP contribution in [0, 0.1) is 0 Å². The number of hydrogen-bond acceptors (Lipinski definition) is 2. The van der Waals surface area contributed by atoms with E-state index in [1.807, 2.05) is 0 Å². The maximum Gasteiger partial charge on any atom is 0.0496 e. The lowest BCUT2D eigenvalue weighted by atomic mass is 9.83. The molecule has 2 nitrogen and oxygen atoms in total. The van der Waals surface area contributed by atoms with Gasteiger partial charge in [-0.25, -0.2) is 0 Å². The van der Waals surface area contributed by atoms with E-state index >= 15 is 0 Å². The molecule has 12 aromatic rings. The van der Waals surface area contributed by atoms with Gasteiger partial charge in [-0.3, -0.25) is 0 Å². The van der Waals surface area contributed by atoms with E-state index < -0.39 is 0 Å². The molecule has 0 fully saturated rings. The van der Waals surface area contributed by atoms with Crippen molar-refractivity contribution in [2.75, 3.05) is 9.80 Å². The van der Waals surface area contributed by atoms with Gasteiger partial charge in [0.1, 0.15) is 0 Å². The van der Waals surface area contributed by atoms with Gasteiger partial charge < -0.3 is 9.80 Å². The van der Waals surface area contributed by atoms with Gasteiger partial charge in [0.25, 0.3) is 0 Å². The minimum Gasteiger partial charge on any atom is -0.310 e. The van der Waals surface area contributed by atoms with Crippen LogP contribution in [0.1, 0.15) is 60.8 Å². The van der Waals surface area contributed by atoms with E-state index in [9.17, 15) is 0 Å². The normalized spacial score (nSPS) is 13.7. The molecule has 0 saturated carbocycles. The molecule has 80 heavy (non-hydrogen) atoms. The van der Waals surface area contributed by atoms with Crippen LogP contribution in [0.4, 0.5) is 34.1 Å². The van der Waals surface area contributed by atoms with Gasteiger partial charge in [0.15, 0.2) is 0 Å². The lowest BCUT2D eigenvalue weighted by Crippen LogP contribution is -2.31. The Kier molecular flexibility index (Phi) is 12.3. The summed E-state index contributed by atoms with van der Waals surface area (Å²) in [5, 5.41) is 10.2. The second kappa shape index (κ2) is 20.5. The minimum absolute atomic E-state index is 1.01. The SMILES string of the molecule is C1=c2c(-c3cccc(-c4c5ccccc5c(-c5cccc(N(c6ccccc6)c6cccc7c6CCCC7)c5)c5ccccc45)c3)c3ccccc3c(-c3cccc(N(c4ccccc4)c4cccc5c4CCCC5)c3)c2=CCC1. The molecule has 0 heterocycles. The number of para-hydroxylation sites is 2. The number of nitrogens with zero attached hydrogens (tertiary/aromatic N) is 2. The molecule has 0 saturated heterocycles. The smallest absolute Gasteiger partial charge is 0.0496 e. The highest BCUT2D eigenvalue weighted by atomic mass is 15.2. The van der Waals surface area contributed by atoms with E-state index in [1.54, 1.807) is 0 Å². The van der Waals surface area contributed by atoms with Crippen molar-refractivity contribution >= 4 is 78.6 Å². The van der Waals surface area contributed by atoms with Crippen LogP contribution in [0.2, 0.25) is 0 Å². The predicted octanol–water partition coefficient (Wildman–Crippen LogP) is 19.9. The lowest BCUT2D eigenvalue weighted by Gasteiger charge is -2.30. The number of fused-ring (bicyclic) bond motifs is 6. The first-order valence-corrected chi connectivity index (χ1v) is 29.2. The Morgan fingerprint density at radius 2 is 0.575 bits per heavy atom. The molecule has 15 rings (SSSR count). The minimum atomic E-state index is 1.01. The van der Waals surface area contributed by atoms with Crippen LogP contribution in [0.15, 0.2) is 243 Å². The van der Waals surface area contributed by atoms with Crippen LogP contribution in [-0.2, 0) is 25.7 Å². The number of anilines is 6. The molecule has 0 radical (unpaired) electrons. The Bertz CT molecular complexity index is 4440. The Morgan fingerprint density at radius 1 is 0.250 bits per heavy atom. The van der Waals surface area contributed by atoms with Crippen LogP contribution in [0.3, 0.4) is 0 Å². The van der Waals surface area contributed by atoms with Crippen molar-refractivity contribution in [2.45, 2.75) is 64.2 Å². The van der Waals surface area contributed by atoms with Gasteiger partial charge in [0.05, 0.1) is 0 Å². The molecule has 12 aromatic carbocycles. The first kappa shape index (κ1) is 47.9. The average Bonchev–Trinajstić information content (AvgIpc) is 3.54. The van der Waals surface area contributed by atoms with E-state index in [-0.39, 0.29) is 0 Å². The molecular weight excluding hydrogens is 965 g/mol. The second-order valence-electron chi connectivity index (χ2n) is 22.2. The molecule has 0 N–H and O–H groups in total. The van der Waals surface area contributed by atoms with Crippen molar-refractivity contribution < 1.29 is 0 Å². The van der Waals surface area contributed by atoms with Crippen LogP contribution < -0.4 is 20.2 Å². The number of rotatable bonds is 10. The molecule has 3 aliphatic carbocycles. The molecule has 0 unspecified atom stereocenters.